The largest absolute Gasteiger partial charge is 0.337 e. The van der Waals surface area contributed by atoms with E-state index in [1.54, 1.807) is 0 Å². The molecule has 1 fully saturated rings. The minimum atomic E-state index is -0.0364. The van der Waals surface area contributed by atoms with E-state index in [0.717, 1.165) is 28.7 Å². The molecule has 1 aliphatic heterocycles. The molecule has 0 spiro atoms. The average molecular weight is 358 g/mol. The molecular weight excluding hydrogens is 330 g/mol. The smallest absolute Gasteiger partial charge is 0.265 e. The zero-order valence-corrected chi connectivity index (χ0v) is 16.3. The van der Waals surface area contributed by atoms with E-state index in [1.165, 1.54) is 16.9 Å². The van der Waals surface area contributed by atoms with Crippen LogP contribution in [0.4, 0.5) is 0 Å². The highest BCUT2D eigenvalue weighted by Crippen LogP contribution is 2.35. The third kappa shape index (κ3) is 3.62. The maximum atomic E-state index is 13.1. The van der Waals surface area contributed by atoms with E-state index in [1.807, 2.05) is 17.9 Å². The molecule has 0 saturated carbocycles. The van der Waals surface area contributed by atoms with Gasteiger partial charge < -0.3 is 10.6 Å². The van der Waals surface area contributed by atoms with E-state index in [0.29, 0.717) is 18.4 Å². The lowest BCUT2D eigenvalue weighted by Crippen LogP contribution is -2.29. The van der Waals surface area contributed by atoms with Crippen LogP contribution in [0.5, 0.6) is 0 Å². The van der Waals surface area contributed by atoms with Crippen molar-refractivity contribution < 1.29 is 4.79 Å². The van der Waals surface area contributed by atoms with E-state index in [-0.39, 0.29) is 11.3 Å². The van der Waals surface area contributed by atoms with Crippen molar-refractivity contribution in [2.24, 2.45) is 11.7 Å². The zero-order chi connectivity index (χ0) is 18.2. The van der Waals surface area contributed by atoms with Crippen LogP contribution in [0.3, 0.4) is 0 Å². The van der Waals surface area contributed by atoms with Crippen molar-refractivity contribution in [3.63, 3.8) is 0 Å². The molecule has 5 heteroatoms. The predicted octanol–water partition coefficient (Wildman–Crippen LogP) is 3.56. The van der Waals surface area contributed by atoms with Crippen LogP contribution in [-0.2, 0) is 5.41 Å². The van der Waals surface area contributed by atoms with Gasteiger partial charge in [0.2, 0.25) is 0 Å². The van der Waals surface area contributed by atoms with Crippen LogP contribution in [-0.4, -0.2) is 35.4 Å². The number of thiazole rings is 1. The van der Waals surface area contributed by atoms with Crippen molar-refractivity contribution >= 4 is 17.2 Å². The molecule has 2 aromatic rings. The van der Waals surface area contributed by atoms with Gasteiger partial charge in [0.15, 0.2) is 0 Å². The molecule has 2 N–H and O–H groups in total. The lowest BCUT2D eigenvalue weighted by Gasteiger charge is -2.16. The number of hydrogen-bond acceptors (Lipinski definition) is 4. The molecule has 0 aliphatic carbocycles. The fourth-order valence-corrected chi connectivity index (χ4v) is 4.50. The Balaban J connectivity index is 1.83. The van der Waals surface area contributed by atoms with Gasteiger partial charge >= 0.3 is 0 Å². The van der Waals surface area contributed by atoms with Crippen molar-refractivity contribution in [2.45, 2.75) is 39.0 Å². The summed E-state index contributed by atoms with van der Waals surface area (Å²) in [5.74, 6) is 0.717. The summed E-state index contributed by atoms with van der Waals surface area (Å²) < 4.78 is 0. The summed E-state index contributed by atoms with van der Waals surface area (Å²) in [7, 11) is 0. The van der Waals surface area contributed by atoms with Crippen molar-refractivity contribution in [1.29, 1.82) is 0 Å². The SMILES string of the molecule is Cc1nc(C(C)(C)C)sc1C(=O)N1C[C@@H](CN)[C@H](c2ccccc2)C1. The fourth-order valence-electron chi connectivity index (χ4n) is 3.41. The summed E-state index contributed by atoms with van der Waals surface area (Å²) in [6, 6.07) is 10.4. The molecule has 1 saturated heterocycles. The van der Waals surface area contributed by atoms with Crippen molar-refractivity contribution in [3.8, 4) is 0 Å². The van der Waals surface area contributed by atoms with Gasteiger partial charge in [-0.2, -0.15) is 0 Å². The number of amides is 1. The quantitative estimate of drug-likeness (QED) is 0.914. The second-order valence-electron chi connectivity index (χ2n) is 7.91. The zero-order valence-electron chi connectivity index (χ0n) is 15.5. The fraction of sp³-hybridized carbons (Fsp3) is 0.500. The maximum Gasteiger partial charge on any atom is 0.265 e. The number of hydrogen-bond donors (Lipinski definition) is 1. The van der Waals surface area contributed by atoms with Gasteiger partial charge in [-0.3, -0.25) is 4.79 Å². The maximum absolute atomic E-state index is 13.1. The molecular formula is C20H27N3OS. The summed E-state index contributed by atoms with van der Waals surface area (Å²) in [6.07, 6.45) is 0. The van der Waals surface area contributed by atoms with Crippen LogP contribution in [0.1, 0.15) is 52.6 Å². The van der Waals surface area contributed by atoms with Gasteiger partial charge in [0.1, 0.15) is 4.88 Å². The monoisotopic (exact) mass is 357 g/mol. The third-order valence-corrected chi connectivity index (χ3v) is 6.46. The number of benzene rings is 1. The van der Waals surface area contributed by atoms with Crippen LogP contribution in [0, 0.1) is 12.8 Å². The van der Waals surface area contributed by atoms with Gasteiger partial charge in [0.25, 0.3) is 5.91 Å². The number of carbonyl (C=O) groups is 1. The Kier molecular flexibility index (Phi) is 4.98. The average Bonchev–Trinajstić information content (AvgIpc) is 3.18. The molecule has 0 radical (unpaired) electrons. The van der Waals surface area contributed by atoms with E-state index in [2.05, 4.69) is 50.0 Å². The summed E-state index contributed by atoms with van der Waals surface area (Å²) in [4.78, 5) is 20.5. The highest BCUT2D eigenvalue weighted by Gasteiger charge is 2.37. The van der Waals surface area contributed by atoms with Gasteiger partial charge in [-0.15, -0.1) is 11.3 Å². The van der Waals surface area contributed by atoms with Crippen LogP contribution >= 0.6 is 11.3 Å². The van der Waals surface area contributed by atoms with E-state index >= 15 is 0 Å². The molecule has 2 atom stereocenters. The first kappa shape index (κ1) is 18.1. The van der Waals surface area contributed by atoms with Gasteiger partial charge in [0.05, 0.1) is 10.7 Å². The number of nitrogens with two attached hydrogens (primary N) is 1. The van der Waals surface area contributed by atoms with Crippen LogP contribution in [0.15, 0.2) is 30.3 Å². The molecule has 3 rings (SSSR count). The number of nitrogens with zero attached hydrogens (tertiary/aromatic N) is 2. The van der Waals surface area contributed by atoms with Crippen molar-refractivity contribution in [2.75, 3.05) is 19.6 Å². The van der Waals surface area contributed by atoms with Gasteiger partial charge in [-0.1, -0.05) is 51.1 Å². The number of likely N-dealkylation sites (tertiary alicyclic amines) is 1. The number of rotatable bonds is 3. The van der Waals surface area contributed by atoms with E-state index in [9.17, 15) is 4.79 Å². The summed E-state index contributed by atoms with van der Waals surface area (Å²) >= 11 is 1.53. The van der Waals surface area contributed by atoms with Crippen LogP contribution in [0.25, 0.3) is 0 Å². The highest BCUT2D eigenvalue weighted by atomic mass is 32.1. The number of aromatic nitrogens is 1. The molecule has 0 bridgehead atoms. The molecule has 25 heavy (non-hydrogen) atoms. The van der Waals surface area contributed by atoms with Crippen molar-refractivity contribution in [3.05, 3.63) is 51.5 Å². The first-order valence-corrected chi connectivity index (χ1v) is 9.65. The second kappa shape index (κ2) is 6.89. The Bertz CT molecular complexity index is 748. The van der Waals surface area contributed by atoms with Gasteiger partial charge in [-0.25, -0.2) is 4.98 Å². The molecule has 134 valence electrons. The Morgan fingerprint density at radius 3 is 2.52 bits per heavy atom. The van der Waals surface area contributed by atoms with E-state index < -0.39 is 0 Å². The van der Waals surface area contributed by atoms with Crippen LogP contribution < -0.4 is 5.73 Å². The number of aryl methyl sites for hydroxylation is 1. The Morgan fingerprint density at radius 2 is 1.96 bits per heavy atom. The lowest BCUT2D eigenvalue weighted by atomic mass is 9.89. The molecule has 4 nitrogen and oxygen atoms in total. The Labute approximate surface area is 154 Å². The van der Waals surface area contributed by atoms with E-state index in [4.69, 9.17) is 5.73 Å². The molecule has 2 heterocycles. The molecule has 1 amide bonds. The summed E-state index contributed by atoms with van der Waals surface area (Å²) in [5, 5.41) is 1.02. The Hall–Kier alpha value is -1.72. The molecule has 1 aromatic heterocycles. The topological polar surface area (TPSA) is 59.2 Å². The minimum absolute atomic E-state index is 0.0364. The predicted molar refractivity (Wildman–Crippen MR) is 103 cm³/mol. The molecule has 1 aliphatic rings. The first-order chi connectivity index (χ1) is 11.8. The van der Waals surface area contributed by atoms with Crippen LogP contribution in [0.2, 0.25) is 0 Å². The first-order valence-electron chi connectivity index (χ1n) is 8.83. The molecule has 1 aromatic carbocycles. The summed E-state index contributed by atoms with van der Waals surface area (Å²) in [6.45, 7) is 10.4. The molecule has 0 unspecified atom stereocenters. The standard InChI is InChI=1S/C20H27N3OS/c1-13-17(25-19(22-13)20(2,3)4)18(24)23-11-15(10-21)16(12-23)14-8-6-5-7-9-14/h5-9,15-16H,10-12,21H2,1-4H3/t15-,16+/m1/s1. The minimum Gasteiger partial charge on any atom is -0.337 e. The lowest BCUT2D eigenvalue weighted by molar-refractivity contribution is 0.0790. The third-order valence-electron chi connectivity index (χ3n) is 4.89. The van der Waals surface area contributed by atoms with Crippen molar-refractivity contribution in [1.82, 2.24) is 9.88 Å². The van der Waals surface area contributed by atoms with Gasteiger partial charge in [-0.05, 0) is 24.9 Å². The highest BCUT2D eigenvalue weighted by molar-refractivity contribution is 7.14. The normalized spacial score (nSPS) is 20.9. The second-order valence-corrected chi connectivity index (χ2v) is 8.91. The Morgan fingerprint density at radius 1 is 1.28 bits per heavy atom. The number of carbonyl (C=O) groups excluding carboxylic acids is 1. The van der Waals surface area contributed by atoms with Gasteiger partial charge in [0, 0.05) is 24.4 Å². The summed E-state index contributed by atoms with van der Waals surface area (Å²) in [5.41, 5.74) is 8.08.